The van der Waals surface area contributed by atoms with Crippen molar-refractivity contribution in [3.05, 3.63) is 22.8 Å². The molecule has 1 aliphatic heterocycles. The van der Waals surface area contributed by atoms with Crippen molar-refractivity contribution in [3.63, 3.8) is 0 Å². The number of hydrogen-bond acceptors (Lipinski definition) is 3. The molecule has 2 rings (SSSR count). The molecule has 0 aromatic carbocycles. The third kappa shape index (κ3) is 3.61. The van der Waals surface area contributed by atoms with Crippen molar-refractivity contribution in [1.82, 2.24) is 10.3 Å². The van der Waals surface area contributed by atoms with Crippen LogP contribution in [0.3, 0.4) is 0 Å². The van der Waals surface area contributed by atoms with Gasteiger partial charge in [-0.05, 0) is 23.5 Å². The number of pyridine rings is 1. The topological polar surface area (TPSA) is 28.2 Å². The van der Waals surface area contributed by atoms with Gasteiger partial charge in [0.15, 0.2) is 0 Å². The van der Waals surface area contributed by atoms with E-state index in [-0.39, 0.29) is 0 Å². The van der Waals surface area contributed by atoms with Crippen LogP contribution < -0.4 is 10.2 Å². The van der Waals surface area contributed by atoms with Crippen LogP contribution in [0.5, 0.6) is 0 Å². The Morgan fingerprint density at radius 2 is 2.00 bits per heavy atom. The zero-order valence-electron chi connectivity index (χ0n) is 12.3. The van der Waals surface area contributed by atoms with Crippen LogP contribution in [0.1, 0.15) is 33.3 Å². The fraction of sp³-hybridized carbons (Fsp3) is 0.667. The first-order valence-corrected chi connectivity index (χ1v) is 7.48. The largest absolute Gasteiger partial charge is 0.356 e. The fourth-order valence-corrected chi connectivity index (χ4v) is 2.58. The lowest BCUT2D eigenvalue weighted by atomic mass is 10.0. The molecule has 1 N–H and O–H groups in total. The summed E-state index contributed by atoms with van der Waals surface area (Å²) in [6, 6.07) is 2.59. The first-order chi connectivity index (χ1) is 8.97. The SMILES string of the molecule is CC(C)NCc1cc(N2CC(C)C(C)C2)ncc1Cl. The normalized spacial score (nSPS) is 23.4. The van der Waals surface area contributed by atoms with Crippen molar-refractivity contribution in [1.29, 1.82) is 0 Å². The van der Waals surface area contributed by atoms with Gasteiger partial charge in [0, 0.05) is 31.9 Å². The number of hydrogen-bond donors (Lipinski definition) is 1. The van der Waals surface area contributed by atoms with Crippen LogP contribution in [-0.4, -0.2) is 24.1 Å². The summed E-state index contributed by atoms with van der Waals surface area (Å²) >= 11 is 6.22. The van der Waals surface area contributed by atoms with Crippen LogP contribution >= 0.6 is 11.6 Å². The van der Waals surface area contributed by atoms with E-state index in [1.165, 1.54) is 0 Å². The van der Waals surface area contributed by atoms with E-state index in [1.807, 2.05) is 0 Å². The lowest BCUT2D eigenvalue weighted by molar-refractivity contribution is 0.494. The smallest absolute Gasteiger partial charge is 0.128 e. The molecule has 2 heterocycles. The van der Waals surface area contributed by atoms with Gasteiger partial charge in [0.05, 0.1) is 5.02 Å². The molecule has 1 aromatic rings. The van der Waals surface area contributed by atoms with Crippen molar-refractivity contribution in [2.45, 2.75) is 40.3 Å². The van der Waals surface area contributed by atoms with E-state index < -0.39 is 0 Å². The predicted octanol–water partition coefficient (Wildman–Crippen LogP) is 3.33. The molecule has 4 heteroatoms. The maximum Gasteiger partial charge on any atom is 0.128 e. The molecule has 0 spiro atoms. The van der Waals surface area contributed by atoms with E-state index in [1.54, 1.807) is 6.20 Å². The summed E-state index contributed by atoms with van der Waals surface area (Å²) in [6.07, 6.45) is 1.78. The first-order valence-electron chi connectivity index (χ1n) is 7.10. The van der Waals surface area contributed by atoms with Crippen molar-refractivity contribution < 1.29 is 0 Å². The lowest BCUT2D eigenvalue weighted by Crippen LogP contribution is -2.24. The molecule has 3 nitrogen and oxygen atoms in total. The monoisotopic (exact) mass is 281 g/mol. The van der Waals surface area contributed by atoms with E-state index in [9.17, 15) is 0 Å². The molecule has 1 fully saturated rings. The molecule has 1 aliphatic rings. The second kappa shape index (κ2) is 6.10. The molecule has 1 aromatic heterocycles. The van der Waals surface area contributed by atoms with Gasteiger partial charge in [-0.3, -0.25) is 0 Å². The number of halogens is 1. The Hall–Kier alpha value is -0.800. The Morgan fingerprint density at radius 1 is 1.37 bits per heavy atom. The van der Waals surface area contributed by atoms with Crippen molar-refractivity contribution in [3.8, 4) is 0 Å². The van der Waals surface area contributed by atoms with Gasteiger partial charge in [0.1, 0.15) is 5.82 Å². The second-order valence-electron chi connectivity index (χ2n) is 6.03. The Kier molecular flexibility index (Phi) is 4.69. The summed E-state index contributed by atoms with van der Waals surface area (Å²) in [6.45, 7) is 11.9. The number of nitrogens with one attached hydrogen (secondary N) is 1. The summed E-state index contributed by atoms with van der Waals surface area (Å²) in [5.74, 6) is 2.52. The average molecular weight is 282 g/mol. The molecule has 19 heavy (non-hydrogen) atoms. The lowest BCUT2D eigenvalue weighted by Gasteiger charge is -2.19. The highest BCUT2D eigenvalue weighted by Crippen LogP contribution is 2.28. The first kappa shape index (κ1) is 14.6. The Labute approximate surface area is 121 Å². The van der Waals surface area contributed by atoms with Crippen LogP contribution in [0.2, 0.25) is 5.02 Å². The highest BCUT2D eigenvalue weighted by atomic mass is 35.5. The van der Waals surface area contributed by atoms with Crippen molar-refractivity contribution in [2.24, 2.45) is 11.8 Å². The van der Waals surface area contributed by atoms with Crippen LogP contribution in [0, 0.1) is 11.8 Å². The maximum atomic E-state index is 6.22. The number of nitrogens with zero attached hydrogens (tertiary/aromatic N) is 2. The third-order valence-corrected chi connectivity index (χ3v) is 4.27. The summed E-state index contributed by atoms with van der Waals surface area (Å²) in [4.78, 5) is 6.85. The van der Waals surface area contributed by atoms with Crippen LogP contribution in [0.4, 0.5) is 5.82 Å². The van der Waals surface area contributed by atoms with Gasteiger partial charge in [0.2, 0.25) is 0 Å². The molecule has 2 unspecified atom stereocenters. The summed E-state index contributed by atoms with van der Waals surface area (Å²) in [5.41, 5.74) is 1.13. The van der Waals surface area contributed by atoms with E-state index >= 15 is 0 Å². The highest BCUT2D eigenvalue weighted by molar-refractivity contribution is 6.31. The maximum absolute atomic E-state index is 6.22. The molecule has 0 aliphatic carbocycles. The van der Waals surface area contributed by atoms with Gasteiger partial charge in [-0.1, -0.05) is 39.3 Å². The minimum Gasteiger partial charge on any atom is -0.356 e. The van der Waals surface area contributed by atoms with Gasteiger partial charge in [-0.15, -0.1) is 0 Å². The summed E-state index contributed by atoms with van der Waals surface area (Å²) in [7, 11) is 0. The molecular weight excluding hydrogens is 258 g/mol. The molecule has 0 amide bonds. The summed E-state index contributed by atoms with van der Waals surface area (Å²) < 4.78 is 0. The molecule has 0 bridgehead atoms. The van der Waals surface area contributed by atoms with Crippen LogP contribution in [-0.2, 0) is 6.54 Å². The van der Waals surface area contributed by atoms with Gasteiger partial charge < -0.3 is 10.2 Å². The van der Waals surface area contributed by atoms with E-state index in [4.69, 9.17) is 11.6 Å². The number of rotatable bonds is 4. The predicted molar refractivity (Wildman–Crippen MR) is 81.8 cm³/mol. The summed E-state index contributed by atoms with van der Waals surface area (Å²) in [5, 5.41) is 4.15. The molecule has 1 saturated heterocycles. The zero-order valence-corrected chi connectivity index (χ0v) is 13.0. The minimum atomic E-state index is 0.458. The van der Waals surface area contributed by atoms with Gasteiger partial charge in [0.25, 0.3) is 0 Å². The average Bonchev–Trinajstić information content (AvgIpc) is 2.68. The Balaban J connectivity index is 2.12. The van der Waals surface area contributed by atoms with Crippen LogP contribution in [0.25, 0.3) is 0 Å². The Morgan fingerprint density at radius 3 is 2.58 bits per heavy atom. The molecule has 0 radical (unpaired) electrons. The fourth-order valence-electron chi connectivity index (χ4n) is 2.41. The van der Waals surface area contributed by atoms with Crippen molar-refractivity contribution >= 4 is 17.4 Å². The molecule has 2 atom stereocenters. The minimum absolute atomic E-state index is 0.458. The number of aromatic nitrogens is 1. The van der Waals surface area contributed by atoms with E-state index in [0.29, 0.717) is 6.04 Å². The molecular formula is C15H24ClN3. The van der Waals surface area contributed by atoms with Gasteiger partial charge in [-0.25, -0.2) is 4.98 Å². The van der Waals surface area contributed by atoms with E-state index in [2.05, 4.69) is 49.0 Å². The van der Waals surface area contributed by atoms with Crippen LogP contribution in [0.15, 0.2) is 12.3 Å². The second-order valence-corrected chi connectivity index (χ2v) is 6.44. The van der Waals surface area contributed by atoms with Gasteiger partial charge >= 0.3 is 0 Å². The van der Waals surface area contributed by atoms with Gasteiger partial charge in [-0.2, -0.15) is 0 Å². The zero-order chi connectivity index (χ0) is 14.0. The van der Waals surface area contributed by atoms with E-state index in [0.717, 1.165) is 47.9 Å². The third-order valence-electron chi connectivity index (χ3n) is 3.93. The van der Waals surface area contributed by atoms with Crippen molar-refractivity contribution in [2.75, 3.05) is 18.0 Å². The molecule has 106 valence electrons. The molecule has 0 saturated carbocycles. The quantitative estimate of drug-likeness (QED) is 0.918. The Bertz CT molecular complexity index is 423. The number of anilines is 1. The standard InChI is InChI=1S/C15H24ClN3/c1-10(2)17-6-13-5-15(18-7-14(13)16)19-8-11(3)12(4)9-19/h5,7,10-12,17H,6,8-9H2,1-4H3. The highest BCUT2D eigenvalue weighted by Gasteiger charge is 2.27.